The van der Waals surface area contributed by atoms with E-state index in [0.717, 1.165) is 4.88 Å². The Hall–Kier alpha value is -0.940. The summed E-state index contributed by atoms with van der Waals surface area (Å²) < 4.78 is 0. The number of nitrogens with zero attached hydrogens (tertiary/aromatic N) is 1. The summed E-state index contributed by atoms with van der Waals surface area (Å²) in [5.41, 5.74) is 6.79. The lowest BCUT2D eigenvalue weighted by Gasteiger charge is -2.07. The fourth-order valence-corrected chi connectivity index (χ4v) is 1.53. The maximum absolute atomic E-state index is 10.8. The largest absolute Gasteiger partial charge is 0.368 e. The molecule has 1 atom stereocenters. The van der Waals surface area contributed by atoms with Crippen LogP contribution in [0.4, 0.5) is 0 Å². The quantitative estimate of drug-likeness (QED) is 0.666. The van der Waals surface area contributed by atoms with Crippen molar-refractivity contribution in [1.82, 2.24) is 10.3 Å². The summed E-state index contributed by atoms with van der Waals surface area (Å²) >= 11 is 1.41. The average molecular weight is 171 g/mol. The van der Waals surface area contributed by atoms with Gasteiger partial charge in [0.2, 0.25) is 5.91 Å². The van der Waals surface area contributed by atoms with Gasteiger partial charge in [-0.15, -0.1) is 11.3 Å². The molecule has 5 heteroatoms. The van der Waals surface area contributed by atoms with Crippen molar-refractivity contribution >= 4 is 17.2 Å². The highest BCUT2D eigenvalue weighted by Gasteiger charge is 2.15. The molecule has 1 aromatic heterocycles. The van der Waals surface area contributed by atoms with Crippen LogP contribution in [0.2, 0.25) is 0 Å². The highest BCUT2D eigenvalue weighted by atomic mass is 32.1. The van der Waals surface area contributed by atoms with E-state index in [4.69, 9.17) is 5.73 Å². The first-order chi connectivity index (χ1) is 5.25. The molecule has 1 aromatic rings. The zero-order valence-corrected chi connectivity index (χ0v) is 6.89. The molecule has 0 saturated heterocycles. The third-order valence-corrected chi connectivity index (χ3v) is 2.15. The van der Waals surface area contributed by atoms with Crippen molar-refractivity contribution in [1.29, 1.82) is 0 Å². The highest BCUT2D eigenvalue weighted by Crippen LogP contribution is 2.15. The van der Waals surface area contributed by atoms with Crippen molar-refractivity contribution in [3.63, 3.8) is 0 Å². The monoisotopic (exact) mass is 171 g/mol. The number of thiazole rings is 1. The van der Waals surface area contributed by atoms with Crippen LogP contribution in [0.5, 0.6) is 0 Å². The highest BCUT2D eigenvalue weighted by molar-refractivity contribution is 7.09. The Morgan fingerprint density at radius 3 is 3.00 bits per heavy atom. The summed E-state index contributed by atoms with van der Waals surface area (Å²) in [4.78, 5) is 15.5. The fourth-order valence-electron chi connectivity index (χ4n) is 0.793. The van der Waals surface area contributed by atoms with E-state index < -0.39 is 6.04 Å². The molecule has 0 saturated carbocycles. The Labute approximate surface area is 68.4 Å². The number of carbonyl (C=O) groups is 1. The van der Waals surface area contributed by atoms with E-state index in [-0.39, 0.29) is 5.91 Å². The molecule has 0 fully saturated rings. The van der Waals surface area contributed by atoms with Crippen LogP contribution in [-0.4, -0.2) is 17.9 Å². The Bertz CT molecular complexity index is 234. The normalized spacial score (nSPS) is 12.8. The maximum Gasteiger partial charge on any atom is 0.240 e. The summed E-state index contributed by atoms with van der Waals surface area (Å²) in [5.74, 6) is -0.378. The number of hydrogen-bond acceptors (Lipinski definition) is 4. The van der Waals surface area contributed by atoms with Gasteiger partial charge >= 0.3 is 0 Å². The predicted octanol–water partition coefficient (Wildman–Crippen LogP) is -0.111. The third kappa shape index (κ3) is 1.75. The van der Waals surface area contributed by atoms with Gasteiger partial charge in [-0.3, -0.25) is 9.78 Å². The molecule has 0 bridgehead atoms. The molecule has 0 radical (unpaired) electrons. The van der Waals surface area contributed by atoms with Gasteiger partial charge in [-0.25, -0.2) is 0 Å². The van der Waals surface area contributed by atoms with Crippen LogP contribution in [0.15, 0.2) is 11.7 Å². The number of primary amides is 1. The number of aromatic nitrogens is 1. The van der Waals surface area contributed by atoms with Crippen LogP contribution in [0.1, 0.15) is 10.9 Å². The van der Waals surface area contributed by atoms with E-state index in [1.165, 1.54) is 11.3 Å². The van der Waals surface area contributed by atoms with Gasteiger partial charge in [-0.05, 0) is 7.05 Å². The van der Waals surface area contributed by atoms with Gasteiger partial charge in [-0.2, -0.15) is 0 Å². The molecule has 0 aliphatic carbocycles. The molecule has 0 aliphatic heterocycles. The molecule has 0 aromatic carbocycles. The van der Waals surface area contributed by atoms with Gasteiger partial charge in [0.1, 0.15) is 6.04 Å². The lowest BCUT2D eigenvalue weighted by molar-refractivity contribution is -0.119. The number of likely N-dealkylation sites (N-methyl/N-ethyl adjacent to an activating group) is 1. The fraction of sp³-hybridized carbons (Fsp3) is 0.333. The van der Waals surface area contributed by atoms with Gasteiger partial charge < -0.3 is 11.1 Å². The molecule has 11 heavy (non-hydrogen) atoms. The number of amides is 1. The first-order valence-corrected chi connectivity index (χ1v) is 3.98. The minimum atomic E-state index is -0.400. The second kappa shape index (κ2) is 3.45. The van der Waals surface area contributed by atoms with Crippen molar-refractivity contribution in [3.05, 3.63) is 16.6 Å². The smallest absolute Gasteiger partial charge is 0.240 e. The Morgan fingerprint density at radius 1 is 1.91 bits per heavy atom. The van der Waals surface area contributed by atoms with Crippen molar-refractivity contribution in [2.24, 2.45) is 5.73 Å². The summed E-state index contributed by atoms with van der Waals surface area (Å²) in [6.07, 6.45) is 1.64. The molecule has 60 valence electrons. The number of carbonyl (C=O) groups excluding carboxylic acids is 1. The lowest BCUT2D eigenvalue weighted by Crippen LogP contribution is -2.30. The molecule has 4 nitrogen and oxygen atoms in total. The maximum atomic E-state index is 10.8. The number of rotatable bonds is 3. The summed E-state index contributed by atoms with van der Waals surface area (Å²) in [6, 6.07) is -0.400. The van der Waals surface area contributed by atoms with Gasteiger partial charge in [0.15, 0.2) is 0 Å². The van der Waals surface area contributed by atoms with Crippen LogP contribution in [0.25, 0.3) is 0 Å². The Kier molecular flexibility index (Phi) is 2.56. The van der Waals surface area contributed by atoms with Crippen molar-refractivity contribution < 1.29 is 4.79 Å². The topological polar surface area (TPSA) is 68.0 Å². The van der Waals surface area contributed by atoms with Crippen molar-refractivity contribution in [2.75, 3.05) is 7.05 Å². The molecule has 0 spiro atoms. The van der Waals surface area contributed by atoms with E-state index >= 15 is 0 Å². The minimum absolute atomic E-state index is 0.378. The third-order valence-electron chi connectivity index (χ3n) is 1.31. The van der Waals surface area contributed by atoms with E-state index in [0.29, 0.717) is 0 Å². The van der Waals surface area contributed by atoms with E-state index in [9.17, 15) is 4.79 Å². The average Bonchev–Trinajstić information content (AvgIpc) is 2.40. The van der Waals surface area contributed by atoms with E-state index in [1.807, 2.05) is 0 Å². The van der Waals surface area contributed by atoms with Crippen LogP contribution in [-0.2, 0) is 4.79 Å². The predicted molar refractivity (Wildman–Crippen MR) is 43.1 cm³/mol. The first kappa shape index (κ1) is 8.16. The molecular weight excluding hydrogens is 162 g/mol. The number of nitrogens with one attached hydrogen (secondary N) is 1. The molecule has 1 rings (SSSR count). The van der Waals surface area contributed by atoms with Gasteiger partial charge in [0.25, 0.3) is 0 Å². The SMILES string of the molecule is CNC(C(N)=O)c1cncs1. The molecule has 0 aliphatic rings. The molecule has 3 N–H and O–H groups in total. The van der Waals surface area contributed by atoms with Crippen LogP contribution >= 0.6 is 11.3 Å². The lowest BCUT2D eigenvalue weighted by atomic mass is 10.2. The first-order valence-electron chi connectivity index (χ1n) is 3.10. The van der Waals surface area contributed by atoms with Crippen molar-refractivity contribution in [3.8, 4) is 0 Å². The van der Waals surface area contributed by atoms with Gasteiger partial charge in [0, 0.05) is 6.20 Å². The van der Waals surface area contributed by atoms with Crippen LogP contribution in [0, 0.1) is 0 Å². The molecule has 1 amide bonds. The number of hydrogen-bond donors (Lipinski definition) is 2. The van der Waals surface area contributed by atoms with Crippen molar-refractivity contribution in [2.45, 2.75) is 6.04 Å². The van der Waals surface area contributed by atoms with E-state index in [2.05, 4.69) is 10.3 Å². The summed E-state index contributed by atoms with van der Waals surface area (Å²) in [5, 5.41) is 2.80. The standard InChI is InChI=1S/C6H9N3OS/c1-8-5(6(7)10)4-2-9-3-11-4/h2-3,5,8H,1H3,(H2,7,10). The second-order valence-corrected chi connectivity index (χ2v) is 2.95. The molecular formula is C6H9N3OS. The van der Waals surface area contributed by atoms with E-state index in [1.54, 1.807) is 18.8 Å². The van der Waals surface area contributed by atoms with Gasteiger partial charge in [-0.1, -0.05) is 0 Å². The number of nitrogens with two attached hydrogens (primary N) is 1. The molecule has 1 unspecified atom stereocenters. The Morgan fingerprint density at radius 2 is 2.64 bits per heavy atom. The summed E-state index contributed by atoms with van der Waals surface area (Å²) in [7, 11) is 1.69. The minimum Gasteiger partial charge on any atom is -0.368 e. The molecule has 1 heterocycles. The Balaban J connectivity index is 2.79. The zero-order chi connectivity index (χ0) is 8.27. The van der Waals surface area contributed by atoms with Crippen LogP contribution in [0.3, 0.4) is 0 Å². The summed E-state index contributed by atoms with van der Waals surface area (Å²) in [6.45, 7) is 0. The van der Waals surface area contributed by atoms with Gasteiger partial charge in [0.05, 0.1) is 10.4 Å². The second-order valence-electron chi connectivity index (χ2n) is 2.03. The van der Waals surface area contributed by atoms with Crippen LogP contribution < -0.4 is 11.1 Å². The zero-order valence-electron chi connectivity index (χ0n) is 6.07.